The van der Waals surface area contributed by atoms with Gasteiger partial charge in [-0.3, -0.25) is 0 Å². The summed E-state index contributed by atoms with van der Waals surface area (Å²) in [7, 11) is 4.69. The summed E-state index contributed by atoms with van der Waals surface area (Å²) in [4.78, 5) is 4.45. The molecule has 3 aromatic rings. The lowest BCUT2D eigenvalue weighted by Gasteiger charge is -2.14. The molecular formula is C20H23N5O3. The number of nitrogens with zero attached hydrogens (tertiary/aromatic N) is 3. The Hall–Kier alpha value is -3.55. The topological polar surface area (TPSA) is 90.4 Å². The lowest BCUT2D eigenvalue weighted by molar-refractivity contribution is 0.324. The number of benzene rings is 2. The molecular weight excluding hydrogens is 358 g/mol. The van der Waals surface area contributed by atoms with Gasteiger partial charge in [-0.15, -0.1) is 5.10 Å². The third-order valence-electron chi connectivity index (χ3n) is 4.04. The first-order valence-corrected chi connectivity index (χ1v) is 8.69. The number of aromatic nitrogens is 3. The molecule has 0 aliphatic carbocycles. The van der Waals surface area contributed by atoms with Crippen LogP contribution in [0.5, 0.6) is 17.2 Å². The molecule has 0 saturated heterocycles. The van der Waals surface area contributed by atoms with Gasteiger partial charge in [-0.25, -0.2) is 0 Å². The second-order valence-corrected chi connectivity index (χ2v) is 6.05. The van der Waals surface area contributed by atoms with Gasteiger partial charge in [-0.05, 0) is 12.5 Å². The van der Waals surface area contributed by atoms with E-state index in [9.17, 15) is 0 Å². The van der Waals surface area contributed by atoms with Gasteiger partial charge in [0.1, 0.15) is 0 Å². The van der Waals surface area contributed by atoms with Gasteiger partial charge in [-0.1, -0.05) is 29.8 Å². The molecule has 1 aromatic heterocycles. The van der Waals surface area contributed by atoms with Gasteiger partial charge in [0.25, 0.3) is 0 Å². The SMILES string of the molecule is COc1cc(Nc2nncc(NCc3cccc(C)c3)n2)cc(OC)c1OC. The Balaban J connectivity index is 1.75. The van der Waals surface area contributed by atoms with Gasteiger partial charge in [-0.2, -0.15) is 10.1 Å². The first-order valence-electron chi connectivity index (χ1n) is 8.69. The molecule has 1 heterocycles. The molecule has 0 fully saturated rings. The van der Waals surface area contributed by atoms with Crippen molar-refractivity contribution in [1.29, 1.82) is 0 Å². The molecule has 2 aromatic carbocycles. The minimum atomic E-state index is 0.350. The Morgan fingerprint density at radius 3 is 2.36 bits per heavy atom. The van der Waals surface area contributed by atoms with E-state index in [4.69, 9.17) is 14.2 Å². The van der Waals surface area contributed by atoms with Crippen molar-refractivity contribution in [1.82, 2.24) is 15.2 Å². The molecule has 146 valence electrons. The second kappa shape index (κ2) is 8.90. The summed E-state index contributed by atoms with van der Waals surface area (Å²) in [6.07, 6.45) is 1.58. The minimum Gasteiger partial charge on any atom is -0.493 e. The van der Waals surface area contributed by atoms with Gasteiger partial charge in [0.15, 0.2) is 17.3 Å². The van der Waals surface area contributed by atoms with Crippen molar-refractivity contribution in [2.24, 2.45) is 0 Å². The highest BCUT2D eigenvalue weighted by atomic mass is 16.5. The molecule has 0 saturated carbocycles. The van der Waals surface area contributed by atoms with Gasteiger partial charge in [0.2, 0.25) is 11.7 Å². The van der Waals surface area contributed by atoms with Crippen LogP contribution in [0.2, 0.25) is 0 Å². The van der Waals surface area contributed by atoms with E-state index in [1.54, 1.807) is 39.7 Å². The maximum atomic E-state index is 5.36. The minimum absolute atomic E-state index is 0.350. The molecule has 0 unspecified atom stereocenters. The van der Waals surface area contributed by atoms with Gasteiger partial charge in [0.05, 0.1) is 27.5 Å². The number of aryl methyl sites for hydroxylation is 1. The zero-order valence-electron chi connectivity index (χ0n) is 16.3. The van der Waals surface area contributed by atoms with Gasteiger partial charge in [0, 0.05) is 24.4 Å². The predicted octanol–water partition coefficient (Wildman–Crippen LogP) is 3.56. The van der Waals surface area contributed by atoms with Crippen molar-refractivity contribution in [3.8, 4) is 17.2 Å². The van der Waals surface area contributed by atoms with E-state index < -0.39 is 0 Å². The summed E-state index contributed by atoms with van der Waals surface area (Å²) in [6.45, 7) is 2.71. The third kappa shape index (κ3) is 4.59. The van der Waals surface area contributed by atoms with Crippen molar-refractivity contribution < 1.29 is 14.2 Å². The number of anilines is 3. The van der Waals surface area contributed by atoms with Crippen LogP contribution in [0.3, 0.4) is 0 Å². The Morgan fingerprint density at radius 2 is 1.71 bits per heavy atom. The van der Waals surface area contributed by atoms with Crippen LogP contribution < -0.4 is 24.8 Å². The van der Waals surface area contributed by atoms with Crippen molar-refractivity contribution in [2.45, 2.75) is 13.5 Å². The Morgan fingerprint density at radius 1 is 0.964 bits per heavy atom. The van der Waals surface area contributed by atoms with E-state index in [2.05, 4.69) is 50.9 Å². The molecule has 0 aliphatic heterocycles. The molecule has 0 atom stereocenters. The molecule has 28 heavy (non-hydrogen) atoms. The molecule has 3 rings (SSSR count). The molecule has 8 nitrogen and oxygen atoms in total. The zero-order valence-corrected chi connectivity index (χ0v) is 16.3. The van der Waals surface area contributed by atoms with Crippen LogP contribution in [0.15, 0.2) is 42.6 Å². The first-order chi connectivity index (χ1) is 13.6. The maximum Gasteiger partial charge on any atom is 0.249 e. The summed E-state index contributed by atoms with van der Waals surface area (Å²) in [6, 6.07) is 11.8. The Labute approximate surface area is 163 Å². The molecule has 0 bridgehead atoms. The first kappa shape index (κ1) is 19.2. The van der Waals surface area contributed by atoms with E-state index in [1.165, 1.54) is 5.56 Å². The molecule has 8 heteroatoms. The lowest BCUT2D eigenvalue weighted by Crippen LogP contribution is -2.06. The lowest BCUT2D eigenvalue weighted by atomic mass is 10.1. The Kier molecular flexibility index (Phi) is 6.11. The molecule has 0 aliphatic rings. The van der Waals surface area contributed by atoms with Crippen LogP contribution in [0.1, 0.15) is 11.1 Å². The second-order valence-electron chi connectivity index (χ2n) is 6.05. The number of rotatable bonds is 8. The van der Waals surface area contributed by atoms with Gasteiger partial charge < -0.3 is 24.8 Å². The van der Waals surface area contributed by atoms with Crippen LogP contribution >= 0.6 is 0 Å². The number of ether oxygens (including phenoxy) is 3. The highest BCUT2D eigenvalue weighted by molar-refractivity contribution is 5.65. The monoisotopic (exact) mass is 381 g/mol. The standard InChI is InChI=1S/C20H23N5O3/c1-13-6-5-7-14(8-13)11-21-18-12-22-25-20(24-18)23-15-9-16(26-2)19(28-4)17(10-15)27-3/h5-10,12H,11H2,1-4H3,(H2,21,23,24,25). The zero-order chi connectivity index (χ0) is 19.9. The molecule has 0 spiro atoms. The number of nitrogens with one attached hydrogen (secondary N) is 2. The van der Waals surface area contributed by atoms with Crippen LogP contribution in [-0.4, -0.2) is 36.5 Å². The van der Waals surface area contributed by atoms with Crippen LogP contribution in [0.4, 0.5) is 17.5 Å². The maximum absolute atomic E-state index is 5.36. The Bertz CT molecular complexity index is 924. The highest BCUT2D eigenvalue weighted by Gasteiger charge is 2.14. The number of methoxy groups -OCH3 is 3. The van der Waals surface area contributed by atoms with E-state index in [0.29, 0.717) is 41.2 Å². The van der Waals surface area contributed by atoms with Crippen LogP contribution in [0, 0.1) is 6.92 Å². The fraction of sp³-hybridized carbons (Fsp3) is 0.250. The van der Waals surface area contributed by atoms with Crippen molar-refractivity contribution in [3.05, 3.63) is 53.7 Å². The summed E-state index contributed by atoms with van der Waals surface area (Å²) < 4.78 is 16.1. The van der Waals surface area contributed by atoms with E-state index in [1.807, 2.05) is 6.07 Å². The molecule has 0 amide bonds. The third-order valence-corrected chi connectivity index (χ3v) is 4.04. The van der Waals surface area contributed by atoms with Crippen LogP contribution in [-0.2, 0) is 6.54 Å². The fourth-order valence-corrected chi connectivity index (χ4v) is 2.74. The molecule has 0 radical (unpaired) electrons. The molecule has 2 N–H and O–H groups in total. The predicted molar refractivity (Wildman–Crippen MR) is 108 cm³/mol. The van der Waals surface area contributed by atoms with Gasteiger partial charge >= 0.3 is 0 Å². The summed E-state index contributed by atoms with van der Waals surface area (Å²) >= 11 is 0. The van der Waals surface area contributed by atoms with Crippen molar-refractivity contribution in [2.75, 3.05) is 32.0 Å². The average molecular weight is 381 g/mol. The van der Waals surface area contributed by atoms with E-state index in [0.717, 1.165) is 5.56 Å². The fourth-order valence-electron chi connectivity index (χ4n) is 2.74. The normalized spacial score (nSPS) is 10.3. The van der Waals surface area contributed by atoms with Crippen LogP contribution in [0.25, 0.3) is 0 Å². The largest absolute Gasteiger partial charge is 0.493 e. The number of hydrogen-bond acceptors (Lipinski definition) is 8. The quantitative estimate of drug-likeness (QED) is 0.612. The van der Waals surface area contributed by atoms with E-state index >= 15 is 0 Å². The summed E-state index contributed by atoms with van der Waals surface area (Å²) in [5, 5.41) is 14.4. The van der Waals surface area contributed by atoms with E-state index in [-0.39, 0.29) is 0 Å². The summed E-state index contributed by atoms with van der Waals surface area (Å²) in [5.74, 6) is 2.55. The van der Waals surface area contributed by atoms with Crippen molar-refractivity contribution in [3.63, 3.8) is 0 Å². The summed E-state index contributed by atoms with van der Waals surface area (Å²) in [5.41, 5.74) is 3.06. The average Bonchev–Trinajstić information content (AvgIpc) is 2.72. The smallest absolute Gasteiger partial charge is 0.249 e. The number of hydrogen-bond donors (Lipinski definition) is 2. The van der Waals surface area contributed by atoms with Crippen molar-refractivity contribution >= 4 is 17.5 Å². The highest BCUT2D eigenvalue weighted by Crippen LogP contribution is 2.40.